The Bertz CT molecular complexity index is 929. The van der Waals surface area contributed by atoms with E-state index >= 15 is 0 Å². The van der Waals surface area contributed by atoms with Gasteiger partial charge < -0.3 is 5.11 Å². The molecule has 0 radical (unpaired) electrons. The van der Waals surface area contributed by atoms with Gasteiger partial charge in [0.15, 0.2) is 0 Å². The van der Waals surface area contributed by atoms with Gasteiger partial charge in [-0.15, -0.1) is 0 Å². The smallest absolute Gasteiger partial charge is 0.335 e. The molecular formula is C18H22N4O4S. The SMILES string of the molecule is CN(C)S(=O)(=O)N1CC[C@H](Cc2nccnc2-c2ccc(C(=O)O)cc2)C1. The number of hydrogen-bond donors (Lipinski definition) is 1. The van der Waals surface area contributed by atoms with Gasteiger partial charge in [-0.25, -0.2) is 4.79 Å². The van der Waals surface area contributed by atoms with Crippen LogP contribution in [0, 0.1) is 5.92 Å². The van der Waals surface area contributed by atoms with Gasteiger partial charge in [0.2, 0.25) is 0 Å². The van der Waals surface area contributed by atoms with E-state index in [0.717, 1.165) is 17.7 Å². The summed E-state index contributed by atoms with van der Waals surface area (Å²) in [4.78, 5) is 19.9. The van der Waals surface area contributed by atoms with Gasteiger partial charge in [0.1, 0.15) is 0 Å². The van der Waals surface area contributed by atoms with Crippen molar-refractivity contribution < 1.29 is 18.3 Å². The molecule has 0 aliphatic carbocycles. The first-order chi connectivity index (χ1) is 12.8. The molecule has 0 bridgehead atoms. The van der Waals surface area contributed by atoms with Gasteiger partial charge in [0.05, 0.1) is 17.0 Å². The third-order valence-electron chi connectivity index (χ3n) is 4.70. The first kappa shape index (κ1) is 19.4. The molecule has 0 amide bonds. The fraction of sp³-hybridized carbons (Fsp3) is 0.389. The van der Waals surface area contributed by atoms with Gasteiger partial charge in [-0.3, -0.25) is 9.97 Å². The Hall–Kier alpha value is -2.36. The highest BCUT2D eigenvalue weighted by Crippen LogP contribution is 2.27. The summed E-state index contributed by atoms with van der Waals surface area (Å²) in [5, 5.41) is 9.03. The van der Waals surface area contributed by atoms with Crippen LogP contribution in [0.5, 0.6) is 0 Å². The monoisotopic (exact) mass is 390 g/mol. The van der Waals surface area contributed by atoms with E-state index in [-0.39, 0.29) is 11.5 Å². The van der Waals surface area contributed by atoms with Crippen LogP contribution in [0.15, 0.2) is 36.7 Å². The number of carboxylic acids is 1. The van der Waals surface area contributed by atoms with E-state index in [1.807, 2.05) is 0 Å². The molecule has 8 nitrogen and oxygen atoms in total. The van der Waals surface area contributed by atoms with Crippen molar-refractivity contribution >= 4 is 16.2 Å². The van der Waals surface area contributed by atoms with Crippen molar-refractivity contribution in [1.82, 2.24) is 18.6 Å². The van der Waals surface area contributed by atoms with Gasteiger partial charge in [0.25, 0.3) is 10.2 Å². The number of aromatic carboxylic acids is 1. The lowest BCUT2D eigenvalue weighted by Gasteiger charge is -2.21. The van der Waals surface area contributed by atoms with E-state index in [1.54, 1.807) is 24.5 Å². The zero-order valence-corrected chi connectivity index (χ0v) is 16.1. The quantitative estimate of drug-likeness (QED) is 0.802. The third-order valence-corrected chi connectivity index (χ3v) is 6.60. The average molecular weight is 390 g/mol. The summed E-state index contributed by atoms with van der Waals surface area (Å²) in [7, 11) is -0.338. The molecule has 0 spiro atoms. The minimum absolute atomic E-state index is 0.161. The minimum atomic E-state index is -3.40. The van der Waals surface area contributed by atoms with Gasteiger partial charge in [0, 0.05) is 45.1 Å². The molecule has 1 aromatic carbocycles. The Labute approximate surface area is 158 Å². The molecule has 2 heterocycles. The fourth-order valence-corrected chi connectivity index (χ4v) is 4.40. The van der Waals surface area contributed by atoms with Crippen molar-refractivity contribution in [3.05, 3.63) is 47.9 Å². The minimum Gasteiger partial charge on any atom is -0.478 e. The van der Waals surface area contributed by atoms with Crippen LogP contribution >= 0.6 is 0 Å². The second-order valence-electron chi connectivity index (χ2n) is 6.74. The molecular weight excluding hydrogens is 368 g/mol. The number of hydrogen-bond acceptors (Lipinski definition) is 5. The second-order valence-corrected chi connectivity index (χ2v) is 8.88. The fourth-order valence-electron chi connectivity index (χ4n) is 3.21. The summed E-state index contributed by atoms with van der Waals surface area (Å²) in [6.45, 7) is 0.947. The lowest BCUT2D eigenvalue weighted by Crippen LogP contribution is -2.38. The lowest BCUT2D eigenvalue weighted by molar-refractivity contribution is 0.0697. The van der Waals surface area contributed by atoms with Crippen molar-refractivity contribution in [3.63, 3.8) is 0 Å². The third kappa shape index (κ3) is 4.15. The lowest BCUT2D eigenvalue weighted by atomic mass is 9.98. The molecule has 1 N–H and O–H groups in total. The van der Waals surface area contributed by atoms with E-state index in [9.17, 15) is 13.2 Å². The number of nitrogens with zero attached hydrogens (tertiary/aromatic N) is 4. The van der Waals surface area contributed by atoms with E-state index in [2.05, 4.69) is 9.97 Å². The zero-order valence-electron chi connectivity index (χ0n) is 15.2. The highest BCUT2D eigenvalue weighted by molar-refractivity contribution is 7.86. The summed E-state index contributed by atoms with van der Waals surface area (Å²) in [5.41, 5.74) is 2.49. The van der Waals surface area contributed by atoms with Crippen molar-refractivity contribution in [2.75, 3.05) is 27.2 Å². The van der Waals surface area contributed by atoms with Crippen LogP contribution < -0.4 is 0 Å². The molecule has 27 heavy (non-hydrogen) atoms. The highest BCUT2D eigenvalue weighted by Gasteiger charge is 2.33. The maximum absolute atomic E-state index is 12.3. The molecule has 9 heteroatoms. The standard InChI is InChI=1S/C18H22N4O4S/c1-21(2)27(25,26)22-10-7-13(12-22)11-16-17(20-9-8-19-16)14-3-5-15(6-4-14)18(23)24/h3-6,8-9,13H,7,10-12H2,1-2H3,(H,23,24)/t13-/m1/s1. The Kier molecular flexibility index (Phi) is 5.54. The van der Waals surface area contributed by atoms with Crippen LogP contribution in [0.4, 0.5) is 0 Å². The number of rotatable bonds is 6. The van der Waals surface area contributed by atoms with Crippen LogP contribution in [0.1, 0.15) is 22.5 Å². The van der Waals surface area contributed by atoms with E-state index in [0.29, 0.717) is 25.2 Å². The van der Waals surface area contributed by atoms with Crippen LogP contribution in [-0.4, -0.2) is 65.3 Å². The number of aromatic nitrogens is 2. The molecule has 1 atom stereocenters. The van der Waals surface area contributed by atoms with Gasteiger partial charge in [-0.1, -0.05) is 12.1 Å². The van der Waals surface area contributed by atoms with Crippen molar-refractivity contribution in [1.29, 1.82) is 0 Å². The summed E-state index contributed by atoms with van der Waals surface area (Å²) >= 11 is 0. The number of benzene rings is 1. The predicted molar refractivity (Wildman–Crippen MR) is 100 cm³/mol. The van der Waals surface area contributed by atoms with Gasteiger partial charge >= 0.3 is 5.97 Å². The molecule has 0 saturated carbocycles. The van der Waals surface area contributed by atoms with Crippen molar-refractivity contribution in [3.8, 4) is 11.3 Å². The first-order valence-corrected chi connectivity index (χ1v) is 10.00. The summed E-state index contributed by atoms with van der Waals surface area (Å²) in [6, 6.07) is 6.51. The molecule has 1 aliphatic heterocycles. The Morgan fingerprint density at radius 3 is 2.52 bits per heavy atom. The molecule has 0 unspecified atom stereocenters. The highest BCUT2D eigenvalue weighted by atomic mass is 32.2. The summed E-state index contributed by atoms with van der Waals surface area (Å²) in [5.74, 6) is -0.817. The molecule has 1 fully saturated rings. The topological polar surface area (TPSA) is 104 Å². The molecule has 3 rings (SSSR count). The van der Waals surface area contributed by atoms with Gasteiger partial charge in [-0.05, 0) is 30.9 Å². The molecule has 2 aromatic rings. The Morgan fingerprint density at radius 1 is 1.22 bits per heavy atom. The summed E-state index contributed by atoms with van der Waals surface area (Å²) < 4.78 is 27.3. The maximum atomic E-state index is 12.3. The molecule has 144 valence electrons. The average Bonchev–Trinajstić information content (AvgIpc) is 3.11. The zero-order chi connectivity index (χ0) is 19.6. The van der Waals surface area contributed by atoms with Crippen LogP contribution in [-0.2, 0) is 16.6 Å². The maximum Gasteiger partial charge on any atom is 0.335 e. The normalized spacial score (nSPS) is 18.1. The van der Waals surface area contributed by atoms with Gasteiger partial charge in [-0.2, -0.15) is 17.0 Å². The van der Waals surface area contributed by atoms with E-state index < -0.39 is 16.2 Å². The summed E-state index contributed by atoms with van der Waals surface area (Å²) in [6.07, 6.45) is 4.60. The second kappa shape index (κ2) is 7.71. The largest absolute Gasteiger partial charge is 0.478 e. The Balaban J connectivity index is 1.78. The van der Waals surface area contributed by atoms with Crippen molar-refractivity contribution in [2.24, 2.45) is 5.92 Å². The number of carboxylic acid groups (broad SMARTS) is 1. The van der Waals surface area contributed by atoms with Crippen LogP contribution in [0.25, 0.3) is 11.3 Å². The predicted octanol–water partition coefficient (Wildman–Crippen LogP) is 1.51. The molecule has 1 saturated heterocycles. The first-order valence-electron chi connectivity index (χ1n) is 8.60. The van der Waals surface area contributed by atoms with Crippen LogP contribution in [0.2, 0.25) is 0 Å². The van der Waals surface area contributed by atoms with E-state index in [1.165, 1.54) is 34.8 Å². The number of carbonyl (C=O) groups is 1. The van der Waals surface area contributed by atoms with E-state index in [4.69, 9.17) is 5.11 Å². The molecule has 1 aliphatic rings. The molecule has 1 aromatic heterocycles. The van der Waals surface area contributed by atoms with Crippen LogP contribution in [0.3, 0.4) is 0 Å². The van der Waals surface area contributed by atoms with Crippen molar-refractivity contribution in [2.45, 2.75) is 12.8 Å². The Morgan fingerprint density at radius 2 is 1.89 bits per heavy atom.